The summed E-state index contributed by atoms with van der Waals surface area (Å²) in [7, 11) is 0. The van der Waals surface area contributed by atoms with Gasteiger partial charge in [-0.05, 0) is 18.1 Å². The molecule has 1 unspecified atom stereocenters. The quantitative estimate of drug-likeness (QED) is 0.869. The Morgan fingerprint density at radius 2 is 1.93 bits per heavy atom. The lowest BCUT2D eigenvalue weighted by Crippen LogP contribution is -2.28. The van der Waals surface area contributed by atoms with E-state index >= 15 is 0 Å². The monoisotopic (exact) mass is 258 g/mol. The topological polar surface area (TPSA) is 40.5 Å². The molecule has 2 nitrogen and oxygen atoms in total. The summed E-state index contributed by atoms with van der Waals surface area (Å²) in [5, 5.41) is 18.3. The van der Waals surface area contributed by atoms with Gasteiger partial charge in [0.05, 0.1) is 6.61 Å². The fraction of sp³-hybridized carbons (Fsp3) is 0.455. The summed E-state index contributed by atoms with van der Waals surface area (Å²) in [6.45, 7) is 2.07. The van der Waals surface area contributed by atoms with Crippen molar-refractivity contribution in [3.8, 4) is 0 Å². The molecule has 78 valence electrons. The first-order valence-corrected chi connectivity index (χ1v) is 5.40. The van der Waals surface area contributed by atoms with Crippen LogP contribution in [-0.4, -0.2) is 23.4 Å². The van der Waals surface area contributed by atoms with Crippen molar-refractivity contribution in [2.45, 2.75) is 18.8 Å². The Morgan fingerprint density at radius 3 is 2.43 bits per heavy atom. The lowest BCUT2D eigenvalue weighted by Gasteiger charge is -2.28. The van der Waals surface area contributed by atoms with Gasteiger partial charge in [-0.1, -0.05) is 41.1 Å². The molecule has 0 radical (unpaired) electrons. The first-order valence-electron chi connectivity index (χ1n) is 4.61. The van der Waals surface area contributed by atoms with E-state index in [1.807, 2.05) is 31.2 Å². The van der Waals surface area contributed by atoms with Gasteiger partial charge in [0, 0.05) is 16.5 Å². The maximum atomic E-state index is 9.36. The second-order valence-electron chi connectivity index (χ2n) is 3.67. The van der Waals surface area contributed by atoms with Crippen LogP contribution in [0, 0.1) is 0 Å². The molecule has 0 bridgehead atoms. The maximum Gasteiger partial charge on any atom is 0.0526 e. The number of benzene rings is 1. The van der Waals surface area contributed by atoms with Gasteiger partial charge < -0.3 is 10.2 Å². The molecule has 0 aliphatic rings. The van der Waals surface area contributed by atoms with Crippen LogP contribution in [0.2, 0.25) is 0 Å². The highest BCUT2D eigenvalue weighted by Gasteiger charge is 2.26. The zero-order valence-electron chi connectivity index (χ0n) is 8.20. The largest absolute Gasteiger partial charge is 0.396 e. The normalized spacial score (nSPS) is 15.1. The Kier molecular flexibility index (Phi) is 4.11. The summed E-state index contributed by atoms with van der Waals surface area (Å²) in [5.74, 6) is 0. The smallest absolute Gasteiger partial charge is 0.0526 e. The van der Waals surface area contributed by atoms with E-state index in [1.54, 1.807) is 0 Å². The van der Waals surface area contributed by atoms with E-state index < -0.39 is 0 Å². The molecule has 0 aliphatic heterocycles. The number of halogens is 1. The fourth-order valence-corrected chi connectivity index (χ4v) is 2.26. The van der Waals surface area contributed by atoms with E-state index in [-0.39, 0.29) is 18.6 Å². The molecule has 1 aromatic carbocycles. The first kappa shape index (κ1) is 11.7. The molecule has 3 heteroatoms. The van der Waals surface area contributed by atoms with E-state index in [4.69, 9.17) is 5.11 Å². The molecule has 0 fully saturated rings. The van der Waals surface area contributed by atoms with E-state index in [0.29, 0.717) is 6.42 Å². The van der Waals surface area contributed by atoms with Crippen LogP contribution in [-0.2, 0) is 5.41 Å². The molecule has 0 aliphatic carbocycles. The van der Waals surface area contributed by atoms with Gasteiger partial charge in [0.25, 0.3) is 0 Å². The van der Waals surface area contributed by atoms with Gasteiger partial charge in [-0.2, -0.15) is 0 Å². The molecule has 0 amide bonds. The van der Waals surface area contributed by atoms with Crippen LogP contribution in [0.3, 0.4) is 0 Å². The molecule has 14 heavy (non-hydrogen) atoms. The minimum atomic E-state index is -0.366. The summed E-state index contributed by atoms with van der Waals surface area (Å²) < 4.78 is 0.977. The summed E-state index contributed by atoms with van der Waals surface area (Å²) >= 11 is 3.45. The Labute approximate surface area is 92.7 Å². The molecule has 0 saturated heterocycles. The minimum Gasteiger partial charge on any atom is -0.396 e. The lowest BCUT2D eigenvalue weighted by molar-refractivity contribution is 0.164. The number of hydrogen-bond acceptors (Lipinski definition) is 2. The van der Waals surface area contributed by atoms with Crippen molar-refractivity contribution in [3.63, 3.8) is 0 Å². The highest BCUT2D eigenvalue weighted by atomic mass is 79.9. The number of hydrogen-bond donors (Lipinski definition) is 2. The minimum absolute atomic E-state index is 0.0379. The molecule has 0 spiro atoms. The lowest BCUT2D eigenvalue weighted by atomic mass is 9.80. The van der Waals surface area contributed by atoms with Crippen molar-refractivity contribution in [3.05, 3.63) is 34.3 Å². The van der Waals surface area contributed by atoms with Gasteiger partial charge in [0.1, 0.15) is 0 Å². The Morgan fingerprint density at radius 1 is 1.29 bits per heavy atom. The summed E-state index contributed by atoms with van der Waals surface area (Å²) in [4.78, 5) is 0. The molecule has 0 heterocycles. The number of aliphatic hydroxyl groups is 2. The van der Waals surface area contributed by atoms with Gasteiger partial charge in [-0.15, -0.1) is 0 Å². The van der Waals surface area contributed by atoms with E-state index in [0.717, 1.165) is 10.0 Å². The second kappa shape index (κ2) is 4.91. The number of aliphatic hydroxyl groups excluding tert-OH is 2. The van der Waals surface area contributed by atoms with Crippen LogP contribution >= 0.6 is 15.9 Å². The van der Waals surface area contributed by atoms with Crippen LogP contribution in [0.1, 0.15) is 18.9 Å². The van der Waals surface area contributed by atoms with Crippen molar-refractivity contribution >= 4 is 15.9 Å². The van der Waals surface area contributed by atoms with Gasteiger partial charge in [-0.3, -0.25) is 0 Å². The third-order valence-corrected chi connectivity index (χ3v) is 3.23. The average molecular weight is 259 g/mol. The zero-order valence-corrected chi connectivity index (χ0v) is 9.79. The van der Waals surface area contributed by atoms with Crippen molar-refractivity contribution in [2.75, 3.05) is 13.2 Å². The molecule has 1 atom stereocenters. The van der Waals surface area contributed by atoms with Gasteiger partial charge in [-0.25, -0.2) is 0 Å². The van der Waals surface area contributed by atoms with Crippen molar-refractivity contribution in [1.82, 2.24) is 0 Å². The molecule has 2 N–H and O–H groups in total. The molecule has 0 saturated carbocycles. The van der Waals surface area contributed by atoms with E-state index in [9.17, 15) is 5.11 Å². The van der Waals surface area contributed by atoms with Crippen molar-refractivity contribution < 1.29 is 10.2 Å². The molecule has 1 rings (SSSR count). The van der Waals surface area contributed by atoms with Gasteiger partial charge in [0.2, 0.25) is 0 Å². The Hall–Kier alpha value is -0.380. The predicted octanol–water partition coefficient (Wildman–Crippen LogP) is 2.08. The van der Waals surface area contributed by atoms with E-state index in [1.165, 1.54) is 0 Å². The second-order valence-corrected chi connectivity index (χ2v) is 4.53. The highest BCUT2D eigenvalue weighted by molar-refractivity contribution is 9.10. The van der Waals surface area contributed by atoms with E-state index in [2.05, 4.69) is 15.9 Å². The highest BCUT2D eigenvalue weighted by Crippen LogP contribution is 2.32. The standard InChI is InChI=1S/C11H15BrO2/c1-11(8-14,6-7-13)9-4-2-3-5-10(9)12/h2-5,13-14H,6-8H2,1H3. The third-order valence-electron chi connectivity index (χ3n) is 2.54. The summed E-state index contributed by atoms with van der Waals surface area (Å²) in [6, 6.07) is 7.78. The molecular formula is C11H15BrO2. The van der Waals surface area contributed by atoms with Crippen molar-refractivity contribution in [1.29, 1.82) is 0 Å². The zero-order chi connectivity index (χ0) is 10.6. The molecule has 1 aromatic rings. The number of rotatable bonds is 4. The Bertz CT molecular complexity index is 301. The van der Waals surface area contributed by atoms with Crippen LogP contribution in [0.4, 0.5) is 0 Å². The Balaban J connectivity index is 3.05. The first-order chi connectivity index (χ1) is 6.64. The fourth-order valence-electron chi connectivity index (χ4n) is 1.50. The van der Waals surface area contributed by atoms with Crippen LogP contribution in [0.25, 0.3) is 0 Å². The average Bonchev–Trinajstić information content (AvgIpc) is 2.18. The van der Waals surface area contributed by atoms with Crippen LogP contribution in [0.5, 0.6) is 0 Å². The van der Waals surface area contributed by atoms with Gasteiger partial charge in [0.15, 0.2) is 0 Å². The predicted molar refractivity (Wildman–Crippen MR) is 60.3 cm³/mol. The van der Waals surface area contributed by atoms with Crippen molar-refractivity contribution in [2.24, 2.45) is 0 Å². The maximum absolute atomic E-state index is 9.36. The van der Waals surface area contributed by atoms with Gasteiger partial charge >= 0.3 is 0 Å². The third kappa shape index (κ3) is 2.35. The molecule has 0 aromatic heterocycles. The van der Waals surface area contributed by atoms with Crippen LogP contribution in [0.15, 0.2) is 28.7 Å². The SMILES string of the molecule is CC(CO)(CCO)c1ccccc1Br. The molecular weight excluding hydrogens is 244 g/mol. The van der Waals surface area contributed by atoms with Crippen LogP contribution < -0.4 is 0 Å². The summed E-state index contributed by atoms with van der Waals surface area (Å²) in [5.41, 5.74) is 0.672. The summed E-state index contributed by atoms with van der Waals surface area (Å²) in [6.07, 6.45) is 0.562.